The Kier molecular flexibility index (Phi) is 5.45. The smallest absolute Gasteiger partial charge is 0.144 e. The van der Waals surface area contributed by atoms with Crippen LogP contribution in [-0.2, 0) is 16.5 Å². The van der Waals surface area contributed by atoms with E-state index in [9.17, 15) is 4.57 Å². The lowest BCUT2D eigenvalue weighted by Crippen LogP contribution is -2.37. The number of pyridine rings is 1. The van der Waals surface area contributed by atoms with Gasteiger partial charge in [-0.2, -0.15) is 0 Å². The first-order valence-electron chi connectivity index (χ1n) is 11.0. The Labute approximate surface area is 190 Å². The van der Waals surface area contributed by atoms with Crippen LogP contribution in [0.4, 0.5) is 5.82 Å². The zero-order chi connectivity index (χ0) is 22.0. The van der Waals surface area contributed by atoms with E-state index in [0.717, 1.165) is 29.5 Å². The Morgan fingerprint density at radius 2 is 1.38 bits per heavy atom. The molecule has 3 aromatic carbocycles. The molecule has 0 saturated carbocycles. The van der Waals surface area contributed by atoms with Gasteiger partial charge in [-0.3, -0.25) is 0 Å². The van der Waals surface area contributed by atoms with E-state index in [1.54, 1.807) is 0 Å². The Morgan fingerprint density at radius 1 is 0.812 bits per heavy atom. The van der Waals surface area contributed by atoms with E-state index in [-0.39, 0.29) is 5.41 Å². The summed E-state index contributed by atoms with van der Waals surface area (Å²) in [5.74, 6) is 1.01. The standard InChI is InChI=1S/C28H27N2OP/c1-28(22-32(31,24-14-7-3-8-15-24)25-16-9-4-10-17-25)21-30(20-23-12-5-2-6-13-23)27-26(28)18-11-19-29-27/h2-19H,20-22H2,1H3. The van der Waals surface area contributed by atoms with E-state index < -0.39 is 7.14 Å². The Hall–Kier alpha value is -3.16. The first kappa shape index (κ1) is 20.7. The maximum Gasteiger partial charge on any atom is 0.144 e. The molecule has 32 heavy (non-hydrogen) atoms. The molecule has 1 aliphatic heterocycles. The van der Waals surface area contributed by atoms with Crippen LogP contribution in [0.5, 0.6) is 0 Å². The van der Waals surface area contributed by atoms with Crippen molar-refractivity contribution in [3.8, 4) is 0 Å². The summed E-state index contributed by atoms with van der Waals surface area (Å²) in [6.07, 6.45) is 2.43. The van der Waals surface area contributed by atoms with Crippen LogP contribution in [0.25, 0.3) is 0 Å². The summed E-state index contributed by atoms with van der Waals surface area (Å²) in [4.78, 5) is 7.08. The van der Waals surface area contributed by atoms with Gasteiger partial charge in [-0.25, -0.2) is 4.98 Å². The molecule has 0 aliphatic carbocycles. The average molecular weight is 439 g/mol. The maximum absolute atomic E-state index is 14.8. The number of benzene rings is 3. The molecule has 4 heteroatoms. The van der Waals surface area contributed by atoms with Crippen LogP contribution in [0.15, 0.2) is 109 Å². The van der Waals surface area contributed by atoms with Gasteiger partial charge < -0.3 is 9.46 Å². The lowest BCUT2D eigenvalue weighted by atomic mass is 9.88. The summed E-state index contributed by atoms with van der Waals surface area (Å²) in [6.45, 7) is 3.83. The first-order valence-corrected chi connectivity index (χ1v) is 12.9. The van der Waals surface area contributed by atoms with Gasteiger partial charge in [0.2, 0.25) is 0 Å². The van der Waals surface area contributed by atoms with Gasteiger partial charge in [0.05, 0.1) is 0 Å². The number of hydrogen-bond donors (Lipinski definition) is 0. The fourth-order valence-electron chi connectivity index (χ4n) is 4.93. The molecule has 160 valence electrons. The summed E-state index contributed by atoms with van der Waals surface area (Å²) < 4.78 is 14.8. The van der Waals surface area contributed by atoms with Gasteiger partial charge in [0, 0.05) is 47.0 Å². The summed E-state index contributed by atoms with van der Waals surface area (Å²) in [7, 11) is -2.86. The second kappa shape index (κ2) is 8.41. The van der Waals surface area contributed by atoms with E-state index in [0.29, 0.717) is 6.16 Å². The summed E-state index contributed by atoms with van der Waals surface area (Å²) in [5.41, 5.74) is 2.16. The van der Waals surface area contributed by atoms with Crippen LogP contribution in [0.1, 0.15) is 18.1 Å². The van der Waals surface area contributed by atoms with Crippen molar-refractivity contribution in [2.24, 2.45) is 0 Å². The molecule has 0 bridgehead atoms. The number of hydrogen-bond acceptors (Lipinski definition) is 3. The zero-order valence-corrected chi connectivity index (χ0v) is 19.2. The van der Waals surface area contributed by atoms with Crippen LogP contribution < -0.4 is 15.5 Å². The predicted molar refractivity (Wildman–Crippen MR) is 134 cm³/mol. The minimum absolute atomic E-state index is 0.278. The van der Waals surface area contributed by atoms with E-state index in [1.807, 2.05) is 79.0 Å². The van der Waals surface area contributed by atoms with Crippen molar-refractivity contribution in [3.05, 3.63) is 120 Å². The van der Waals surface area contributed by atoms with Crippen LogP contribution >= 0.6 is 7.14 Å². The van der Waals surface area contributed by atoms with Crippen molar-refractivity contribution in [3.63, 3.8) is 0 Å². The minimum Gasteiger partial charge on any atom is -0.351 e. The molecule has 4 aromatic rings. The zero-order valence-electron chi connectivity index (χ0n) is 18.3. The molecular formula is C28H27N2OP. The van der Waals surface area contributed by atoms with E-state index in [4.69, 9.17) is 4.98 Å². The molecule has 5 rings (SSSR count). The highest BCUT2D eigenvalue weighted by Gasteiger charge is 2.45. The van der Waals surface area contributed by atoms with Crippen molar-refractivity contribution in [1.29, 1.82) is 0 Å². The van der Waals surface area contributed by atoms with Crippen molar-refractivity contribution >= 4 is 23.6 Å². The number of anilines is 1. The summed E-state index contributed by atoms with van der Waals surface area (Å²) in [5, 5.41) is 1.83. The first-order chi connectivity index (χ1) is 15.6. The summed E-state index contributed by atoms with van der Waals surface area (Å²) in [6, 6.07) is 34.6. The molecule has 0 saturated heterocycles. The largest absolute Gasteiger partial charge is 0.351 e. The molecule has 0 radical (unpaired) electrons. The highest BCUT2D eigenvalue weighted by molar-refractivity contribution is 7.78. The second-order valence-corrected chi connectivity index (χ2v) is 11.7. The van der Waals surface area contributed by atoms with Gasteiger partial charge in [-0.15, -0.1) is 0 Å². The Morgan fingerprint density at radius 3 is 1.97 bits per heavy atom. The monoisotopic (exact) mass is 438 g/mol. The number of rotatable bonds is 6. The van der Waals surface area contributed by atoms with E-state index in [1.165, 1.54) is 11.1 Å². The molecule has 1 atom stereocenters. The molecule has 1 unspecified atom stereocenters. The van der Waals surface area contributed by atoms with Crippen molar-refractivity contribution in [2.45, 2.75) is 18.9 Å². The van der Waals surface area contributed by atoms with E-state index in [2.05, 4.69) is 42.2 Å². The minimum atomic E-state index is -2.86. The van der Waals surface area contributed by atoms with Gasteiger partial charge >= 0.3 is 0 Å². The van der Waals surface area contributed by atoms with Gasteiger partial charge in [0.15, 0.2) is 0 Å². The van der Waals surface area contributed by atoms with Gasteiger partial charge in [0.25, 0.3) is 0 Å². The normalized spacial score (nSPS) is 17.8. The summed E-state index contributed by atoms with van der Waals surface area (Å²) >= 11 is 0. The third kappa shape index (κ3) is 3.78. The fourth-order valence-corrected chi connectivity index (χ4v) is 8.16. The third-order valence-electron chi connectivity index (χ3n) is 6.41. The third-order valence-corrected chi connectivity index (χ3v) is 9.82. The number of fused-ring (bicyclic) bond motifs is 1. The topological polar surface area (TPSA) is 33.2 Å². The molecule has 0 N–H and O–H groups in total. The van der Waals surface area contributed by atoms with Gasteiger partial charge in [-0.1, -0.05) is 104 Å². The molecule has 2 heterocycles. The quantitative estimate of drug-likeness (QED) is 0.379. The Bertz CT molecular complexity index is 1200. The van der Waals surface area contributed by atoms with Crippen molar-refractivity contribution in [1.82, 2.24) is 4.98 Å². The Balaban J connectivity index is 1.56. The van der Waals surface area contributed by atoms with Gasteiger partial charge in [-0.05, 0) is 11.6 Å². The molecule has 1 aliphatic rings. The fraction of sp³-hybridized carbons (Fsp3) is 0.179. The predicted octanol–water partition coefficient (Wildman–Crippen LogP) is 5.37. The molecule has 0 fully saturated rings. The highest BCUT2D eigenvalue weighted by Crippen LogP contribution is 2.52. The SMILES string of the molecule is CC1(CP(=O)(c2ccccc2)c2ccccc2)CN(Cc2ccccc2)c2ncccc21. The molecule has 0 amide bonds. The molecule has 0 spiro atoms. The van der Waals surface area contributed by atoms with Gasteiger partial charge in [0.1, 0.15) is 13.0 Å². The second-order valence-electron chi connectivity index (χ2n) is 8.85. The van der Waals surface area contributed by atoms with Crippen LogP contribution in [-0.4, -0.2) is 17.7 Å². The van der Waals surface area contributed by atoms with Crippen LogP contribution in [0.3, 0.4) is 0 Å². The average Bonchev–Trinajstić information content (AvgIpc) is 3.12. The number of aromatic nitrogens is 1. The highest BCUT2D eigenvalue weighted by atomic mass is 31.2. The maximum atomic E-state index is 14.8. The molecular weight excluding hydrogens is 411 g/mol. The van der Waals surface area contributed by atoms with Crippen LogP contribution in [0.2, 0.25) is 0 Å². The van der Waals surface area contributed by atoms with E-state index >= 15 is 0 Å². The molecule has 1 aromatic heterocycles. The van der Waals surface area contributed by atoms with Crippen molar-refractivity contribution < 1.29 is 4.57 Å². The van der Waals surface area contributed by atoms with Crippen LogP contribution in [0, 0.1) is 0 Å². The number of nitrogens with zero attached hydrogens (tertiary/aromatic N) is 2. The lowest BCUT2D eigenvalue weighted by Gasteiger charge is -2.31. The van der Waals surface area contributed by atoms with Crippen molar-refractivity contribution in [2.75, 3.05) is 17.6 Å². The molecule has 3 nitrogen and oxygen atoms in total. The lowest BCUT2D eigenvalue weighted by molar-refractivity contribution is 0.532.